The zero-order valence-electron chi connectivity index (χ0n) is 35.0. The Kier molecular flexibility index (Phi) is 37.2. The second kappa shape index (κ2) is 36.3. The van der Waals surface area contributed by atoms with Crippen molar-refractivity contribution < 1.29 is 21.9 Å². The van der Waals surface area contributed by atoms with Gasteiger partial charge in [0.05, 0.1) is 12.7 Å². The van der Waals surface area contributed by atoms with Crippen molar-refractivity contribution in [3.63, 3.8) is 0 Å². The summed E-state index contributed by atoms with van der Waals surface area (Å²) in [4.78, 5) is 0. The summed E-state index contributed by atoms with van der Waals surface area (Å²) >= 11 is 0. The van der Waals surface area contributed by atoms with Crippen LogP contribution >= 0.6 is 0 Å². The van der Waals surface area contributed by atoms with Crippen LogP contribution in [0.25, 0.3) is 0 Å². The van der Waals surface area contributed by atoms with Gasteiger partial charge in [0.25, 0.3) is 0 Å². The van der Waals surface area contributed by atoms with Crippen LogP contribution in [0.4, 0.5) is 0 Å². The van der Waals surface area contributed by atoms with Crippen LogP contribution in [-0.4, -0.2) is 32.3 Å². The Hall–Kier alpha value is -0.730. The number of unbranched alkanes of at least 4 members (excludes halogenated alkanes) is 22. The molecule has 0 rings (SSSR count). The molecule has 0 aromatic heterocycles. The second-order valence-electron chi connectivity index (χ2n) is 15.2. The number of aliphatic hydroxyl groups is 1. The maximum Gasteiger partial charge on any atom is 0.399 e. The van der Waals surface area contributed by atoms with Gasteiger partial charge < -0.3 is 11.3 Å². The predicted octanol–water partition coefficient (Wildman–Crippen LogP) is 14.3. The summed E-state index contributed by atoms with van der Waals surface area (Å²) in [6.07, 6.45) is 44.8. The summed E-state index contributed by atoms with van der Waals surface area (Å²) in [5.74, 6) is -0.0509. The van der Waals surface area contributed by atoms with Crippen LogP contribution in [0.15, 0.2) is 24.3 Å². The molecule has 51 heavy (non-hydrogen) atoms. The van der Waals surface area contributed by atoms with Crippen molar-refractivity contribution in [2.24, 2.45) is 11.8 Å². The molecule has 0 aromatic carbocycles. The maximum atomic E-state index is 12.4. The highest BCUT2D eigenvalue weighted by Gasteiger charge is 2.48. The highest BCUT2D eigenvalue weighted by molar-refractivity contribution is 7.81. The van der Waals surface area contributed by atoms with E-state index in [1.807, 2.05) is 0 Å². The number of rotatable bonds is 38. The zero-order chi connectivity index (χ0) is 37.2. The Labute approximate surface area is 319 Å². The average molecular weight is 744 g/mol. The van der Waals surface area contributed by atoms with Gasteiger partial charge in [-0.15, -0.1) is 0 Å². The van der Waals surface area contributed by atoms with E-state index in [1.54, 1.807) is 6.92 Å². The molecule has 0 spiro atoms. The highest BCUT2D eigenvalue weighted by atomic mass is 32.3. The summed E-state index contributed by atoms with van der Waals surface area (Å²) in [6, 6.07) is 0. The zero-order valence-corrected chi connectivity index (χ0v) is 35.8. The molecule has 306 valence electrons. The fourth-order valence-corrected chi connectivity index (χ4v) is 8.32. The Bertz CT molecular complexity index is 842. The van der Waals surface area contributed by atoms with Crippen molar-refractivity contribution in [3.8, 4) is 0 Å². The van der Waals surface area contributed by atoms with Crippen molar-refractivity contribution in [1.82, 2.24) is 6.15 Å². The molecule has 3 atom stereocenters. The quantitative estimate of drug-likeness (QED) is 0.0481. The number of hydrogen-bond donors (Lipinski definition) is 2. The summed E-state index contributed by atoms with van der Waals surface area (Å²) in [6.45, 7) is 10.5. The molecule has 3 unspecified atom stereocenters. The smallest absolute Gasteiger partial charge is 0.387 e. The molecule has 0 fully saturated rings. The number of hydrogen-bond acceptors (Lipinski definition) is 6. The topological polar surface area (TPSA) is 108 Å². The minimum Gasteiger partial charge on any atom is -0.387 e. The molecule has 0 heterocycles. The summed E-state index contributed by atoms with van der Waals surface area (Å²) in [5.41, 5.74) is -1.23. The average Bonchev–Trinajstić information content (AvgIpc) is 3.11. The molecule has 7 heteroatoms. The molecular formula is C44H89NO5S. The molecule has 0 radical (unpaired) electrons. The highest BCUT2D eigenvalue weighted by Crippen LogP contribution is 2.41. The van der Waals surface area contributed by atoms with Gasteiger partial charge in [0.2, 0.25) is 0 Å². The maximum absolute atomic E-state index is 12.4. The largest absolute Gasteiger partial charge is 0.399 e. The third-order valence-electron chi connectivity index (χ3n) is 11.0. The van der Waals surface area contributed by atoms with Crippen LogP contribution in [0, 0.1) is 11.8 Å². The van der Waals surface area contributed by atoms with Gasteiger partial charge in [-0.2, -0.15) is 8.42 Å². The predicted molar refractivity (Wildman–Crippen MR) is 223 cm³/mol. The lowest BCUT2D eigenvalue weighted by atomic mass is 9.68. The first-order chi connectivity index (χ1) is 24.2. The fourth-order valence-electron chi connectivity index (χ4n) is 7.74. The van der Waals surface area contributed by atoms with Crippen molar-refractivity contribution in [2.75, 3.05) is 7.11 Å². The van der Waals surface area contributed by atoms with Crippen molar-refractivity contribution in [2.45, 2.75) is 239 Å². The van der Waals surface area contributed by atoms with Gasteiger partial charge in [-0.05, 0) is 83.0 Å². The van der Waals surface area contributed by atoms with Gasteiger partial charge in [-0.1, -0.05) is 180 Å². The van der Waals surface area contributed by atoms with Crippen LogP contribution in [0.3, 0.4) is 0 Å². The molecule has 0 bridgehead atoms. The first kappa shape index (κ1) is 52.4. The molecule has 6 nitrogen and oxygen atoms in total. The van der Waals surface area contributed by atoms with E-state index in [-0.39, 0.29) is 18.0 Å². The molecule has 0 aliphatic rings. The van der Waals surface area contributed by atoms with Gasteiger partial charge in [0.15, 0.2) is 0 Å². The Morgan fingerprint density at radius 2 is 0.824 bits per heavy atom. The molecular weight excluding hydrogens is 655 g/mol. The standard InChI is InChI=1S/C44H86O5S.H3N/c1-7-11-13-15-17-19-21-23-25-27-29-31-33-35-37-39-42(9-3)44(45,41(5)49-50(46,47)48-6)43(10-4)40-38-36-34-32-30-28-26-24-22-20-18-16-14-12-8-2;/h23-26,41-43,45H,7-22,27-40H2,1-6H3;1H3/b25-23-,26-24-;. The monoisotopic (exact) mass is 744 g/mol. The minimum absolute atomic E-state index is 0. The van der Waals surface area contributed by atoms with E-state index in [9.17, 15) is 13.5 Å². The van der Waals surface area contributed by atoms with Crippen LogP contribution in [0.2, 0.25) is 0 Å². The lowest BCUT2D eigenvalue weighted by Crippen LogP contribution is -2.54. The third-order valence-corrected chi connectivity index (χ3v) is 12.0. The summed E-state index contributed by atoms with van der Waals surface area (Å²) in [7, 11) is -3.04. The molecule has 0 saturated carbocycles. The molecule has 0 amide bonds. The first-order valence-electron chi connectivity index (χ1n) is 21.7. The normalized spacial score (nSPS) is 15.3. The van der Waals surface area contributed by atoms with E-state index in [4.69, 9.17) is 4.18 Å². The van der Waals surface area contributed by atoms with Gasteiger partial charge >= 0.3 is 10.4 Å². The van der Waals surface area contributed by atoms with E-state index in [1.165, 1.54) is 141 Å². The van der Waals surface area contributed by atoms with Crippen LogP contribution in [-0.2, 0) is 18.8 Å². The second-order valence-corrected chi connectivity index (χ2v) is 16.5. The van der Waals surface area contributed by atoms with E-state index in [2.05, 4.69) is 56.2 Å². The van der Waals surface area contributed by atoms with Gasteiger partial charge in [-0.3, -0.25) is 4.18 Å². The van der Waals surface area contributed by atoms with Gasteiger partial charge in [0.1, 0.15) is 6.10 Å². The lowest BCUT2D eigenvalue weighted by Gasteiger charge is -2.45. The molecule has 4 N–H and O–H groups in total. The fraction of sp³-hybridized carbons (Fsp3) is 0.909. The van der Waals surface area contributed by atoms with Gasteiger partial charge in [0, 0.05) is 0 Å². The Morgan fingerprint density at radius 1 is 0.529 bits per heavy atom. The molecule has 0 aliphatic carbocycles. The third kappa shape index (κ3) is 27.5. The van der Waals surface area contributed by atoms with Crippen LogP contribution in [0.5, 0.6) is 0 Å². The first-order valence-corrected chi connectivity index (χ1v) is 23.1. The SMILES string of the molecule is CCCCCCCC/C=C\CCCCCCCC(CC)C(O)(C(CC)CCCCCCC/C=C\CCCCCCCC)C(C)OS(=O)(=O)OC.N. The summed E-state index contributed by atoms with van der Waals surface area (Å²) < 4.78 is 34.8. The van der Waals surface area contributed by atoms with Crippen LogP contribution in [0.1, 0.15) is 227 Å². The summed E-state index contributed by atoms with van der Waals surface area (Å²) in [5, 5.41) is 12.4. The van der Waals surface area contributed by atoms with Crippen LogP contribution < -0.4 is 6.15 Å². The molecule has 0 saturated heterocycles. The van der Waals surface area contributed by atoms with E-state index in [0.29, 0.717) is 0 Å². The van der Waals surface area contributed by atoms with Crippen molar-refractivity contribution in [1.29, 1.82) is 0 Å². The van der Waals surface area contributed by atoms with E-state index >= 15 is 0 Å². The Morgan fingerprint density at radius 3 is 1.12 bits per heavy atom. The van der Waals surface area contributed by atoms with E-state index < -0.39 is 22.1 Å². The molecule has 0 aromatic rings. The van der Waals surface area contributed by atoms with Gasteiger partial charge in [-0.25, -0.2) is 4.18 Å². The van der Waals surface area contributed by atoms with Crippen molar-refractivity contribution >= 4 is 10.4 Å². The Balaban J connectivity index is 0. The minimum atomic E-state index is -4.16. The molecule has 0 aliphatic heterocycles. The van der Waals surface area contributed by atoms with E-state index in [0.717, 1.165) is 58.5 Å². The lowest BCUT2D eigenvalue weighted by molar-refractivity contribution is -0.143. The van der Waals surface area contributed by atoms with Crippen molar-refractivity contribution in [3.05, 3.63) is 24.3 Å². The number of allylic oxidation sites excluding steroid dienone is 4.